The summed E-state index contributed by atoms with van der Waals surface area (Å²) in [6.45, 7) is 0. The van der Waals surface area contributed by atoms with Crippen LogP contribution in [0.25, 0.3) is 20.8 Å². The third-order valence-electron chi connectivity index (χ3n) is 4.19. The smallest absolute Gasteiger partial charge is 0.257 e. The van der Waals surface area contributed by atoms with Crippen LogP contribution in [-0.4, -0.2) is 21.1 Å². The van der Waals surface area contributed by atoms with Gasteiger partial charge in [0.1, 0.15) is 10.8 Å². The van der Waals surface area contributed by atoms with Gasteiger partial charge in [-0.15, -0.1) is 11.3 Å². The molecule has 4 aromatic rings. The van der Waals surface area contributed by atoms with E-state index >= 15 is 0 Å². The zero-order chi connectivity index (χ0) is 21.3. The average Bonchev–Trinajstić information content (AvgIpc) is 3.13. The Morgan fingerprint density at radius 3 is 2.57 bits per heavy atom. The van der Waals surface area contributed by atoms with Crippen LogP contribution in [0.5, 0.6) is 5.75 Å². The monoisotopic (exact) mass is 473 g/mol. The SMILES string of the molecule is O=C(NC(=S)Nc1ccc(-c2nc3ccccc3s2)c(O)c1)c1ccc(Cl)c(Cl)c1. The van der Waals surface area contributed by atoms with Crippen LogP contribution in [0.2, 0.25) is 10.0 Å². The zero-order valence-corrected chi connectivity index (χ0v) is 18.3. The molecule has 5 nitrogen and oxygen atoms in total. The number of hydrogen-bond acceptors (Lipinski definition) is 5. The molecule has 1 aromatic heterocycles. The molecule has 30 heavy (non-hydrogen) atoms. The number of nitrogens with zero attached hydrogens (tertiary/aromatic N) is 1. The van der Waals surface area contributed by atoms with E-state index in [1.807, 2.05) is 24.3 Å². The molecule has 3 N–H and O–H groups in total. The van der Waals surface area contributed by atoms with Gasteiger partial charge >= 0.3 is 0 Å². The van der Waals surface area contributed by atoms with Crippen molar-refractivity contribution >= 4 is 73.7 Å². The van der Waals surface area contributed by atoms with Crippen molar-refractivity contribution in [2.24, 2.45) is 0 Å². The summed E-state index contributed by atoms with van der Waals surface area (Å²) < 4.78 is 1.04. The Labute approximate surface area is 191 Å². The maximum Gasteiger partial charge on any atom is 0.257 e. The minimum Gasteiger partial charge on any atom is -0.507 e. The molecule has 0 radical (unpaired) electrons. The number of aromatic hydroxyl groups is 1. The van der Waals surface area contributed by atoms with Crippen LogP contribution in [0, 0.1) is 0 Å². The van der Waals surface area contributed by atoms with Crippen LogP contribution >= 0.6 is 46.8 Å². The molecule has 1 heterocycles. The van der Waals surface area contributed by atoms with Crippen molar-refractivity contribution in [2.45, 2.75) is 0 Å². The predicted molar refractivity (Wildman–Crippen MR) is 127 cm³/mol. The number of thiazole rings is 1. The molecule has 0 aliphatic rings. The summed E-state index contributed by atoms with van der Waals surface area (Å²) in [5.74, 6) is -0.376. The van der Waals surface area contributed by atoms with E-state index < -0.39 is 5.91 Å². The number of amides is 1. The van der Waals surface area contributed by atoms with E-state index in [1.54, 1.807) is 18.2 Å². The summed E-state index contributed by atoms with van der Waals surface area (Å²) >= 11 is 18.5. The fourth-order valence-electron chi connectivity index (χ4n) is 2.75. The van der Waals surface area contributed by atoms with Crippen LogP contribution in [0.1, 0.15) is 10.4 Å². The number of nitrogens with one attached hydrogen (secondary N) is 2. The molecular weight excluding hydrogens is 461 g/mol. The van der Waals surface area contributed by atoms with Gasteiger partial charge in [-0.25, -0.2) is 4.98 Å². The van der Waals surface area contributed by atoms with E-state index in [-0.39, 0.29) is 15.9 Å². The van der Waals surface area contributed by atoms with Crippen molar-refractivity contribution in [3.8, 4) is 16.3 Å². The second kappa shape index (κ2) is 8.57. The standard InChI is InChI=1S/C21H13Cl2N3O2S2/c22-14-8-5-11(9-15(14)23)19(28)26-21(29)24-12-6-7-13(17(27)10-12)20-25-16-3-1-2-4-18(16)30-20/h1-10,27H,(H2,24,26,28,29). The van der Waals surface area contributed by atoms with E-state index in [1.165, 1.54) is 29.5 Å². The summed E-state index contributed by atoms with van der Waals surface area (Å²) in [5, 5.41) is 17.3. The summed E-state index contributed by atoms with van der Waals surface area (Å²) in [6.07, 6.45) is 0. The molecule has 0 aliphatic heterocycles. The number of fused-ring (bicyclic) bond motifs is 1. The fraction of sp³-hybridized carbons (Fsp3) is 0. The lowest BCUT2D eigenvalue weighted by Crippen LogP contribution is -2.34. The van der Waals surface area contributed by atoms with Crippen LogP contribution in [0.3, 0.4) is 0 Å². The highest BCUT2D eigenvalue weighted by atomic mass is 35.5. The van der Waals surface area contributed by atoms with Gasteiger partial charge in [0.15, 0.2) is 5.11 Å². The van der Waals surface area contributed by atoms with E-state index in [0.717, 1.165) is 15.2 Å². The van der Waals surface area contributed by atoms with Gasteiger partial charge in [-0.1, -0.05) is 35.3 Å². The number of carbonyl (C=O) groups is 1. The number of rotatable bonds is 3. The Morgan fingerprint density at radius 1 is 1.03 bits per heavy atom. The lowest BCUT2D eigenvalue weighted by Gasteiger charge is -2.11. The molecular formula is C21H13Cl2N3O2S2. The number of benzene rings is 3. The summed E-state index contributed by atoms with van der Waals surface area (Å²) in [4.78, 5) is 16.9. The van der Waals surface area contributed by atoms with Crippen LogP contribution in [-0.2, 0) is 0 Å². The highest BCUT2D eigenvalue weighted by molar-refractivity contribution is 7.80. The topological polar surface area (TPSA) is 74.2 Å². The van der Waals surface area contributed by atoms with Crippen molar-refractivity contribution in [3.05, 3.63) is 76.3 Å². The Balaban J connectivity index is 1.47. The second-order valence-corrected chi connectivity index (χ2v) is 8.51. The van der Waals surface area contributed by atoms with E-state index in [0.29, 0.717) is 21.8 Å². The Kier molecular flexibility index (Phi) is 5.87. The van der Waals surface area contributed by atoms with Gasteiger partial charge in [-0.2, -0.15) is 0 Å². The van der Waals surface area contributed by atoms with Gasteiger partial charge in [0, 0.05) is 17.3 Å². The van der Waals surface area contributed by atoms with Crippen molar-refractivity contribution in [2.75, 3.05) is 5.32 Å². The number of anilines is 1. The number of hydrogen-bond donors (Lipinski definition) is 3. The lowest BCUT2D eigenvalue weighted by molar-refractivity contribution is 0.0977. The molecule has 9 heteroatoms. The molecule has 0 atom stereocenters. The highest BCUT2D eigenvalue weighted by Gasteiger charge is 2.13. The third-order valence-corrected chi connectivity index (χ3v) is 6.20. The van der Waals surface area contributed by atoms with Crippen LogP contribution < -0.4 is 10.6 Å². The van der Waals surface area contributed by atoms with Crippen molar-refractivity contribution in [1.82, 2.24) is 10.3 Å². The van der Waals surface area contributed by atoms with E-state index in [2.05, 4.69) is 15.6 Å². The Bertz CT molecular complexity index is 1260. The molecule has 1 amide bonds. The fourth-order valence-corrected chi connectivity index (χ4v) is 4.26. The molecule has 3 aromatic carbocycles. The van der Waals surface area contributed by atoms with E-state index in [4.69, 9.17) is 35.4 Å². The van der Waals surface area contributed by atoms with Gasteiger partial charge in [0.05, 0.1) is 25.8 Å². The van der Waals surface area contributed by atoms with Crippen molar-refractivity contribution < 1.29 is 9.90 Å². The minimum absolute atomic E-state index is 0.0534. The maximum absolute atomic E-state index is 12.3. The quantitative estimate of drug-likeness (QED) is 0.313. The molecule has 4 rings (SSSR count). The van der Waals surface area contributed by atoms with Crippen molar-refractivity contribution in [1.29, 1.82) is 0 Å². The molecule has 0 unspecified atom stereocenters. The number of aromatic nitrogens is 1. The predicted octanol–water partition coefficient (Wildman–Crippen LogP) is 6.10. The number of para-hydroxylation sites is 1. The first-order chi connectivity index (χ1) is 14.4. The summed E-state index contributed by atoms with van der Waals surface area (Å²) in [7, 11) is 0. The van der Waals surface area contributed by atoms with Gasteiger partial charge in [0.25, 0.3) is 5.91 Å². The average molecular weight is 474 g/mol. The van der Waals surface area contributed by atoms with Gasteiger partial charge in [0.2, 0.25) is 0 Å². The zero-order valence-electron chi connectivity index (χ0n) is 15.1. The first kappa shape index (κ1) is 20.6. The Hall–Kier alpha value is -2.71. The first-order valence-corrected chi connectivity index (χ1v) is 10.6. The number of thiocarbonyl (C=S) groups is 1. The molecule has 0 fully saturated rings. The second-order valence-electron chi connectivity index (χ2n) is 6.26. The molecule has 0 spiro atoms. The third kappa shape index (κ3) is 4.39. The lowest BCUT2D eigenvalue weighted by atomic mass is 10.2. The van der Waals surface area contributed by atoms with Crippen LogP contribution in [0.15, 0.2) is 60.7 Å². The normalized spacial score (nSPS) is 10.7. The van der Waals surface area contributed by atoms with Crippen LogP contribution in [0.4, 0.5) is 5.69 Å². The van der Waals surface area contributed by atoms with Crippen molar-refractivity contribution in [3.63, 3.8) is 0 Å². The first-order valence-electron chi connectivity index (χ1n) is 8.67. The largest absolute Gasteiger partial charge is 0.507 e. The van der Waals surface area contributed by atoms with Gasteiger partial charge in [-0.05, 0) is 54.7 Å². The summed E-state index contributed by atoms with van der Waals surface area (Å²) in [6, 6.07) is 17.3. The summed E-state index contributed by atoms with van der Waals surface area (Å²) in [5.41, 5.74) is 2.34. The Morgan fingerprint density at radius 2 is 1.83 bits per heavy atom. The molecule has 0 saturated carbocycles. The number of phenolic OH excluding ortho intramolecular Hbond substituents is 1. The molecule has 150 valence electrons. The minimum atomic E-state index is -0.429. The van der Waals surface area contributed by atoms with Gasteiger partial charge < -0.3 is 10.4 Å². The molecule has 0 saturated heterocycles. The number of halogens is 2. The van der Waals surface area contributed by atoms with E-state index in [9.17, 15) is 9.90 Å². The number of phenols is 1. The highest BCUT2D eigenvalue weighted by Crippen LogP contribution is 2.36. The molecule has 0 aliphatic carbocycles. The number of carbonyl (C=O) groups excluding carboxylic acids is 1. The maximum atomic E-state index is 12.3. The molecule has 0 bridgehead atoms. The van der Waals surface area contributed by atoms with Gasteiger partial charge in [-0.3, -0.25) is 10.1 Å².